The van der Waals surface area contributed by atoms with E-state index in [1.807, 2.05) is 24.5 Å². The molecule has 3 heterocycles. The molecule has 11 aromatic rings. The van der Waals surface area contributed by atoms with Crippen LogP contribution in [0.3, 0.4) is 0 Å². The summed E-state index contributed by atoms with van der Waals surface area (Å²) in [6.07, 6.45) is 9.79. The van der Waals surface area contributed by atoms with Gasteiger partial charge in [0.05, 0.1) is 17.1 Å². The second kappa shape index (κ2) is 17.4. The van der Waals surface area contributed by atoms with Gasteiger partial charge in [-0.25, -0.2) is 0 Å². The highest BCUT2D eigenvalue weighted by molar-refractivity contribution is 6.29. The molecule has 8 aromatic carbocycles. The molecule has 0 N–H and O–H groups in total. The molecule has 0 aliphatic heterocycles. The van der Waals surface area contributed by atoms with Gasteiger partial charge >= 0.3 is 0 Å². The zero-order chi connectivity index (χ0) is 42.7. The van der Waals surface area contributed by atoms with Crippen LogP contribution in [0.2, 0.25) is 0 Å². The molecule has 0 saturated carbocycles. The highest BCUT2D eigenvalue weighted by Crippen LogP contribution is 2.42. The van der Waals surface area contributed by atoms with Gasteiger partial charge in [0.2, 0.25) is 0 Å². The van der Waals surface area contributed by atoms with Crippen LogP contribution in [0, 0.1) is 0 Å². The van der Waals surface area contributed by atoms with Crippen molar-refractivity contribution in [3.8, 4) is 56.0 Å². The lowest BCUT2D eigenvalue weighted by molar-refractivity contribution is 0.923. The van der Waals surface area contributed by atoms with E-state index >= 15 is 0 Å². The molecule has 64 heavy (non-hydrogen) atoms. The van der Waals surface area contributed by atoms with Gasteiger partial charge < -0.3 is 0 Å². The van der Waals surface area contributed by atoms with E-state index in [0.29, 0.717) is 0 Å². The van der Waals surface area contributed by atoms with Gasteiger partial charge in [0.15, 0.2) is 0 Å². The second-order valence-corrected chi connectivity index (χ2v) is 16.7. The van der Waals surface area contributed by atoms with Crippen molar-refractivity contribution in [3.63, 3.8) is 0 Å². The third kappa shape index (κ3) is 7.96. The molecule has 0 saturated heterocycles. The molecule has 0 aliphatic carbocycles. The first-order valence-electron chi connectivity index (χ1n) is 22.2. The lowest BCUT2D eigenvalue weighted by atomic mass is 9.87. The molecule has 11 rings (SSSR count). The molecule has 0 amide bonds. The molecule has 3 heteroatoms. The zero-order valence-electron chi connectivity index (χ0n) is 35.5. The Balaban J connectivity index is 1.03. The highest BCUT2D eigenvalue weighted by atomic mass is 14.7. The first-order chi connectivity index (χ1) is 31.7. The van der Waals surface area contributed by atoms with Crippen LogP contribution in [0.15, 0.2) is 225 Å². The quantitative estimate of drug-likeness (QED) is 0.122. The topological polar surface area (TPSA) is 38.7 Å². The number of nitrogens with zero attached hydrogens (tertiary/aromatic N) is 3. The average molecular weight is 820 g/mol. The molecule has 0 unspecified atom stereocenters. The van der Waals surface area contributed by atoms with Crippen molar-refractivity contribution in [2.24, 2.45) is 0 Å². The van der Waals surface area contributed by atoms with Crippen molar-refractivity contribution < 1.29 is 0 Å². The van der Waals surface area contributed by atoms with Gasteiger partial charge in [0.25, 0.3) is 0 Å². The fourth-order valence-corrected chi connectivity index (χ4v) is 9.25. The van der Waals surface area contributed by atoms with Crippen LogP contribution in [0.4, 0.5) is 0 Å². The van der Waals surface area contributed by atoms with Crippen LogP contribution in [0.5, 0.6) is 0 Å². The van der Waals surface area contributed by atoms with Gasteiger partial charge in [-0.2, -0.15) is 0 Å². The SMILES string of the molecule is c1ccc(-c2ccc3c(c2)c2cccc(-c4cc(CCc5ccc(-c6ccccc6)nc5)cc(CCc5ccc(-c6ccccc6)nc5)c4)c2c2cnc(-c4ccccc4)cc32)cc1. The summed E-state index contributed by atoms with van der Waals surface area (Å²) in [5, 5.41) is 7.29. The van der Waals surface area contributed by atoms with E-state index < -0.39 is 0 Å². The van der Waals surface area contributed by atoms with Crippen LogP contribution in [-0.4, -0.2) is 15.0 Å². The van der Waals surface area contributed by atoms with Crippen LogP contribution in [-0.2, 0) is 25.7 Å². The van der Waals surface area contributed by atoms with Crippen molar-refractivity contribution in [1.82, 2.24) is 15.0 Å². The summed E-state index contributed by atoms with van der Waals surface area (Å²) >= 11 is 0. The Morgan fingerprint density at radius 2 is 0.750 bits per heavy atom. The van der Waals surface area contributed by atoms with E-state index in [-0.39, 0.29) is 0 Å². The number of aromatic nitrogens is 3. The van der Waals surface area contributed by atoms with Gasteiger partial charge in [-0.05, 0) is 121 Å². The van der Waals surface area contributed by atoms with Crippen molar-refractivity contribution in [1.29, 1.82) is 0 Å². The Bertz CT molecular complexity index is 3200. The molecule has 0 radical (unpaired) electrons. The third-order valence-electron chi connectivity index (χ3n) is 12.6. The third-order valence-corrected chi connectivity index (χ3v) is 12.6. The molecular formula is C61H45N3. The lowest BCUT2D eigenvalue weighted by Crippen LogP contribution is -1.98. The van der Waals surface area contributed by atoms with E-state index in [0.717, 1.165) is 64.8 Å². The van der Waals surface area contributed by atoms with E-state index in [4.69, 9.17) is 15.0 Å². The Morgan fingerprint density at radius 1 is 0.250 bits per heavy atom. The number of hydrogen-bond acceptors (Lipinski definition) is 3. The first kappa shape index (κ1) is 38.9. The monoisotopic (exact) mass is 819 g/mol. The zero-order valence-corrected chi connectivity index (χ0v) is 35.5. The lowest BCUT2D eigenvalue weighted by Gasteiger charge is -2.17. The second-order valence-electron chi connectivity index (χ2n) is 16.7. The maximum Gasteiger partial charge on any atom is 0.0708 e. The number of fused-ring (bicyclic) bond motifs is 6. The Kier molecular flexibility index (Phi) is 10.6. The Labute approximate surface area is 374 Å². The summed E-state index contributed by atoms with van der Waals surface area (Å²) in [7, 11) is 0. The molecule has 0 aliphatic rings. The minimum Gasteiger partial charge on any atom is -0.256 e. The molecule has 3 aromatic heterocycles. The first-order valence-corrected chi connectivity index (χ1v) is 22.2. The Hall–Kier alpha value is -8.01. The largest absolute Gasteiger partial charge is 0.256 e. The minimum absolute atomic E-state index is 0.896. The fraction of sp³-hybridized carbons (Fsp3) is 0.0656. The normalized spacial score (nSPS) is 11.4. The van der Waals surface area contributed by atoms with Gasteiger partial charge in [-0.3, -0.25) is 15.0 Å². The van der Waals surface area contributed by atoms with Crippen molar-refractivity contribution >= 4 is 32.3 Å². The Morgan fingerprint density at radius 3 is 1.30 bits per heavy atom. The summed E-state index contributed by atoms with van der Waals surface area (Å²) in [6, 6.07) is 74.1. The molecule has 0 fully saturated rings. The van der Waals surface area contributed by atoms with Crippen molar-refractivity contribution in [3.05, 3.63) is 247 Å². The highest BCUT2D eigenvalue weighted by Gasteiger charge is 2.17. The predicted molar refractivity (Wildman–Crippen MR) is 267 cm³/mol. The molecule has 0 atom stereocenters. The van der Waals surface area contributed by atoms with Crippen LogP contribution < -0.4 is 0 Å². The number of pyridine rings is 3. The summed E-state index contributed by atoms with van der Waals surface area (Å²) in [5.74, 6) is 0. The maximum absolute atomic E-state index is 5.13. The van der Waals surface area contributed by atoms with Crippen molar-refractivity contribution in [2.45, 2.75) is 25.7 Å². The van der Waals surface area contributed by atoms with Gasteiger partial charge in [-0.1, -0.05) is 182 Å². The van der Waals surface area contributed by atoms with Crippen LogP contribution in [0.25, 0.3) is 88.3 Å². The molecule has 304 valence electrons. The van der Waals surface area contributed by atoms with Gasteiger partial charge in [0.1, 0.15) is 0 Å². The molecule has 0 spiro atoms. The number of aryl methyl sites for hydroxylation is 4. The number of benzene rings is 8. The summed E-state index contributed by atoms with van der Waals surface area (Å²) < 4.78 is 0. The predicted octanol–water partition coefficient (Wildman–Crippen LogP) is 15.2. The van der Waals surface area contributed by atoms with Gasteiger partial charge in [0, 0.05) is 40.7 Å². The van der Waals surface area contributed by atoms with E-state index in [1.165, 1.54) is 71.4 Å². The molecular weight excluding hydrogens is 775 g/mol. The van der Waals surface area contributed by atoms with Crippen LogP contribution in [0.1, 0.15) is 22.3 Å². The molecule has 3 nitrogen and oxygen atoms in total. The maximum atomic E-state index is 5.13. The van der Waals surface area contributed by atoms with Crippen molar-refractivity contribution in [2.75, 3.05) is 0 Å². The fourth-order valence-electron chi connectivity index (χ4n) is 9.25. The number of rotatable bonds is 11. The number of hydrogen-bond donors (Lipinski definition) is 0. The van der Waals surface area contributed by atoms with E-state index in [1.54, 1.807) is 0 Å². The molecule has 0 bridgehead atoms. The smallest absolute Gasteiger partial charge is 0.0708 e. The average Bonchev–Trinajstić information content (AvgIpc) is 3.38. The van der Waals surface area contributed by atoms with Gasteiger partial charge in [-0.15, -0.1) is 0 Å². The minimum atomic E-state index is 0.896. The van der Waals surface area contributed by atoms with Crippen LogP contribution >= 0.6 is 0 Å². The van der Waals surface area contributed by atoms with E-state index in [2.05, 4.69) is 200 Å². The summed E-state index contributed by atoms with van der Waals surface area (Å²) in [4.78, 5) is 14.9. The summed E-state index contributed by atoms with van der Waals surface area (Å²) in [6.45, 7) is 0. The van der Waals surface area contributed by atoms with E-state index in [9.17, 15) is 0 Å². The standard InChI is InChI=1S/C61H45N3/c1-5-14-46(15-6-1)50-30-31-53-55(37-50)54-23-13-22-52(61(54)57-41-64-60(38-56(53)57)49-20-11-4-12-21-49)51-35-44(26-24-42-28-32-58(62-39-42)47-16-7-2-8-17-47)34-45(36-51)27-25-43-29-33-59(63-40-43)48-18-9-3-10-19-48/h1-23,28-41H,24-27H2. The summed E-state index contributed by atoms with van der Waals surface area (Å²) in [5.41, 5.74) is 16.3.